The van der Waals surface area contributed by atoms with Crippen LogP contribution in [0.15, 0.2) is 6.20 Å². The lowest BCUT2D eigenvalue weighted by molar-refractivity contribution is 0.0594. The number of carbonyl (C=O) groups is 1. The first kappa shape index (κ1) is 10.6. The minimum Gasteiger partial charge on any atom is -0.464 e. The predicted octanol–water partition coefficient (Wildman–Crippen LogP) is 2.11. The summed E-state index contributed by atoms with van der Waals surface area (Å²) in [5.41, 5.74) is 1.63. The molecule has 0 spiro atoms. The van der Waals surface area contributed by atoms with Gasteiger partial charge in [0, 0.05) is 5.39 Å². The molecule has 0 radical (unpaired) electrons. The van der Waals surface area contributed by atoms with Gasteiger partial charge in [0.2, 0.25) is 0 Å². The van der Waals surface area contributed by atoms with Crippen molar-refractivity contribution in [2.45, 2.75) is 13.8 Å². The van der Waals surface area contributed by atoms with E-state index in [1.165, 1.54) is 13.3 Å². The van der Waals surface area contributed by atoms with Crippen molar-refractivity contribution < 1.29 is 13.9 Å². The highest BCUT2D eigenvalue weighted by molar-refractivity contribution is 5.98. The molecule has 2 aromatic rings. The van der Waals surface area contributed by atoms with Crippen LogP contribution in [-0.4, -0.2) is 23.0 Å². The normalized spacial score (nSPS) is 10.8. The van der Waals surface area contributed by atoms with Gasteiger partial charge >= 0.3 is 5.97 Å². The van der Waals surface area contributed by atoms with Crippen LogP contribution in [0.4, 0.5) is 4.39 Å². The summed E-state index contributed by atoms with van der Waals surface area (Å²) in [7, 11) is 1.28. The number of carbonyl (C=O) groups excluding carboxylic acids is 1. The van der Waals surface area contributed by atoms with Gasteiger partial charge in [-0.1, -0.05) is 0 Å². The second kappa shape index (κ2) is 3.59. The number of H-pyrrole nitrogens is 1. The van der Waals surface area contributed by atoms with Crippen molar-refractivity contribution in [2.24, 2.45) is 0 Å². The Labute approximate surface area is 91.4 Å². The lowest BCUT2D eigenvalue weighted by Gasteiger charge is -1.98. The number of esters is 1. The van der Waals surface area contributed by atoms with E-state index in [4.69, 9.17) is 0 Å². The van der Waals surface area contributed by atoms with Gasteiger partial charge in [-0.15, -0.1) is 0 Å². The van der Waals surface area contributed by atoms with Crippen LogP contribution >= 0.6 is 0 Å². The Hall–Kier alpha value is -1.91. The molecule has 0 atom stereocenters. The topological polar surface area (TPSA) is 55.0 Å². The highest BCUT2D eigenvalue weighted by Gasteiger charge is 2.18. The van der Waals surface area contributed by atoms with E-state index in [2.05, 4.69) is 14.7 Å². The number of methoxy groups -OCH3 is 1. The van der Waals surface area contributed by atoms with Crippen LogP contribution in [0.3, 0.4) is 0 Å². The molecule has 2 rings (SSSR count). The standard InChI is InChI=1S/C11H11FN2O2/c1-5-8-7(4-13-6(2)9(8)12)14-10(5)11(15)16-3/h4,14H,1-3H3. The van der Waals surface area contributed by atoms with E-state index in [-0.39, 0.29) is 5.69 Å². The monoisotopic (exact) mass is 222 g/mol. The molecule has 0 saturated carbocycles. The number of hydrogen-bond donors (Lipinski definition) is 1. The van der Waals surface area contributed by atoms with Gasteiger partial charge < -0.3 is 9.72 Å². The summed E-state index contributed by atoms with van der Waals surface area (Å²) in [5, 5.41) is 0.396. The Bertz CT molecular complexity index is 575. The lowest BCUT2D eigenvalue weighted by Crippen LogP contribution is -2.03. The van der Waals surface area contributed by atoms with E-state index in [0.717, 1.165) is 0 Å². The van der Waals surface area contributed by atoms with Crippen LogP contribution in [-0.2, 0) is 4.74 Å². The summed E-state index contributed by atoms with van der Waals surface area (Å²) in [6, 6.07) is 0. The van der Waals surface area contributed by atoms with Gasteiger partial charge in [-0.05, 0) is 19.4 Å². The number of aromatic amines is 1. The number of fused-ring (bicyclic) bond motifs is 1. The number of rotatable bonds is 1. The summed E-state index contributed by atoms with van der Waals surface area (Å²) < 4.78 is 18.4. The molecule has 0 bridgehead atoms. The fraction of sp³-hybridized carbons (Fsp3) is 0.273. The van der Waals surface area contributed by atoms with Gasteiger partial charge in [0.25, 0.3) is 0 Å². The molecule has 0 saturated heterocycles. The van der Waals surface area contributed by atoms with Gasteiger partial charge in [-0.2, -0.15) is 0 Å². The molecule has 0 aliphatic carbocycles. The number of aryl methyl sites for hydroxylation is 2. The summed E-state index contributed by atoms with van der Waals surface area (Å²) in [5.74, 6) is -0.910. The van der Waals surface area contributed by atoms with E-state index in [1.807, 2.05) is 0 Å². The molecule has 2 heterocycles. The minimum absolute atomic E-state index is 0.267. The van der Waals surface area contributed by atoms with E-state index < -0.39 is 11.8 Å². The molecular formula is C11H11FN2O2. The fourth-order valence-corrected chi connectivity index (χ4v) is 1.70. The molecule has 0 unspecified atom stereocenters. The van der Waals surface area contributed by atoms with Gasteiger partial charge in [-0.25, -0.2) is 9.18 Å². The molecule has 5 heteroatoms. The van der Waals surface area contributed by atoms with Crippen molar-refractivity contribution in [3.8, 4) is 0 Å². The summed E-state index contributed by atoms with van der Waals surface area (Å²) >= 11 is 0. The Kier molecular flexibility index (Phi) is 2.38. The van der Waals surface area contributed by atoms with Gasteiger partial charge in [0.05, 0.1) is 24.5 Å². The zero-order chi connectivity index (χ0) is 11.9. The Morgan fingerprint density at radius 1 is 1.50 bits per heavy atom. The van der Waals surface area contributed by atoms with Crippen molar-refractivity contribution in [1.82, 2.24) is 9.97 Å². The third-order valence-corrected chi connectivity index (χ3v) is 2.59. The molecule has 0 aliphatic heterocycles. The zero-order valence-electron chi connectivity index (χ0n) is 9.22. The number of halogens is 1. The zero-order valence-corrected chi connectivity index (χ0v) is 9.22. The van der Waals surface area contributed by atoms with Gasteiger partial charge in [0.15, 0.2) is 5.82 Å². The first-order valence-corrected chi connectivity index (χ1v) is 4.78. The molecule has 0 aromatic carbocycles. The molecule has 84 valence electrons. The molecule has 0 fully saturated rings. The Morgan fingerprint density at radius 3 is 2.81 bits per heavy atom. The average Bonchev–Trinajstić information content (AvgIpc) is 2.61. The molecular weight excluding hydrogens is 211 g/mol. The third kappa shape index (κ3) is 1.36. The van der Waals surface area contributed by atoms with Crippen molar-refractivity contribution in [3.63, 3.8) is 0 Å². The van der Waals surface area contributed by atoms with Crippen LogP contribution in [0.25, 0.3) is 10.9 Å². The molecule has 0 amide bonds. The predicted molar refractivity (Wildman–Crippen MR) is 56.9 cm³/mol. The van der Waals surface area contributed by atoms with Crippen molar-refractivity contribution in [2.75, 3.05) is 7.11 Å². The van der Waals surface area contributed by atoms with Crippen LogP contribution in [0.5, 0.6) is 0 Å². The highest BCUT2D eigenvalue weighted by Crippen LogP contribution is 2.25. The quantitative estimate of drug-likeness (QED) is 0.752. The Morgan fingerprint density at radius 2 is 2.19 bits per heavy atom. The first-order chi connectivity index (χ1) is 7.56. The van der Waals surface area contributed by atoms with Crippen molar-refractivity contribution in [3.05, 3.63) is 29.0 Å². The second-order valence-corrected chi connectivity index (χ2v) is 3.56. The second-order valence-electron chi connectivity index (χ2n) is 3.56. The molecule has 0 aliphatic rings. The summed E-state index contributed by atoms with van der Waals surface area (Å²) in [4.78, 5) is 18.1. The molecule has 2 aromatic heterocycles. The maximum Gasteiger partial charge on any atom is 0.354 e. The van der Waals surface area contributed by atoms with Crippen molar-refractivity contribution in [1.29, 1.82) is 0 Å². The van der Waals surface area contributed by atoms with Crippen LogP contribution < -0.4 is 0 Å². The van der Waals surface area contributed by atoms with Crippen LogP contribution in [0, 0.1) is 19.7 Å². The fourth-order valence-electron chi connectivity index (χ4n) is 1.70. The maximum absolute atomic E-state index is 13.8. The summed E-state index contributed by atoms with van der Waals surface area (Å²) in [6.07, 6.45) is 1.51. The maximum atomic E-state index is 13.8. The number of hydrogen-bond acceptors (Lipinski definition) is 3. The van der Waals surface area contributed by atoms with Gasteiger partial charge in [-0.3, -0.25) is 4.98 Å². The van der Waals surface area contributed by atoms with Gasteiger partial charge in [0.1, 0.15) is 5.69 Å². The minimum atomic E-state index is -0.509. The van der Waals surface area contributed by atoms with Crippen LogP contribution in [0.2, 0.25) is 0 Å². The number of nitrogens with zero attached hydrogens (tertiary/aromatic N) is 1. The van der Waals surface area contributed by atoms with E-state index >= 15 is 0 Å². The number of nitrogens with one attached hydrogen (secondary N) is 1. The largest absolute Gasteiger partial charge is 0.464 e. The third-order valence-electron chi connectivity index (χ3n) is 2.59. The Balaban J connectivity index is 2.79. The lowest BCUT2D eigenvalue weighted by atomic mass is 10.1. The smallest absolute Gasteiger partial charge is 0.354 e. The number of ether oxygens (including phenoxy) is 1. The molecule has 4 nitrogen and oxygen atoms in total. The van der Waals surface area contributed by atoms with E-state index in [1.54, 1.807) is 13.8 Å². The molecule has 16 heavy (non-hydrogen) atoms. The number of aromatic nitrogens is 2. The average molecular weight is 222 g/mol. The van der Waals surface area contributed by atoms with Crippen molar-refractivity contribution >= 4 is 16.9 Å². The van der Waals surface area contributed by atoms with E-state index in [0.29, 0.717) is 22.2 Å². The highest BCUT2D eigenvalue weighted by atomic mass is 19.1. The molecule has 1 N–H and O–H groups in total. The SMILES string of the molecule is COC(=O)c1[nH]c2cnc(C)c(F)c2c1C. The van der Waals surface area contributed by atoms with E-state index in [9.17, 15) is 9.18 Å². The number of pyridine rings is 1. The van der Waals surface area contributed by atoms with Crippen LogP contribution in [0.1, 0.15) is 21.7 Å². The summed E-state index contributed by atoms with van der Waals surface area (Å²) in [6.45, 7) is 3.26. The first-order valence-electron chi connectivity index (χ1n) is 4.78.